The second-order valence-corrected chi connectivity index (χ2v) is 8.55. The molecule has 1 aliphatic heterocycles. The van der Waals surface area contributed by atoms with Crippen molar-refractivity contribution in [1.82, 2.24) is 9.47 Å². The molecule has 0 radical (unpaired) electrons. The van der Waals surface area contributed by atoms with Gasteiger partial charge in [-0.05, 0) is 63.1 Å². The third-order valence-electron chi connectivity index (χ3n) is 5.98. The van der Waals surface area contributed by atoms with Crippen molar-refractivity contribution >= 4 is 28.3 Å². The number of halogens is 1. The van der Waals surface area contributed by atoms with Gasteiger partial charge in [-0.3, -0.25) is 4.79 Å². The van der Waals surface area contributed by atoms with Crippen LogP contribution < -0.4 is 9.47 Å². The van der Waals surface area contributed by atoms with Crippen LogP contribution in [0.25, 0.3) is 10.9 Å². The SMILES string of the molecule is COc1cccc2c(C(C)=O)cn(CCCN3CCC(Oc4ccc(Cl)cc4)CC3)c12. The highest BCUT2D eigenvalue weighted by Gasteiger charge is 2.21. The Morgan fingerprint density at radius 1 is 1.10 bits per heavy atom. The molecule has 0 saturated carbocycles. The number of benzene rings is 2. The van der Waals surface area contributed by atoms with Gasteiger partial charge in [0.15, 0.2) is 5.78 Å². The first kappa shape index (κ1) is 21.7. The van der Waals surface area contributed by atoms with E-state index in [9.17, 15) is 4.79 Å². The van der Waals surface area contributed by atoms with Crippen molar-refractivity contribution in [3.05, 3.63) is 59.2 Å². The van der Waals surface area contributed by atoms with E-state index in [2.05, 4.69) is 9.47 Å². The molecule has 4 rings (SSSR count). The fraction of sp³-hybridized carbons (Fsp3) is 0.400. The van der Waals surface area contributed by atoms with Gasteiger partial charge < -0.3 is 18.9 Å². The molecule has 0 unspecified atom stereocenters. The van der Waals surface area contributed by atoms with Gasteiger partial charge in [0.1, 0.15) is 17.6 Å². The average molecular weight is 441 g/mol. The normalized spacial score (nSPS) is 15.3. The molecule has 2 heterocycles. The molecule has 0 N–H and O–H groups in total. The third kappa shape index (κ3) is 5.05. The summed E-state index contributed by atoms with van der Waals surface area (Å²) in [5.74, 6) is 1.78. The molecule has 1 saturated heterocycles. The summed E-state index contributed by atoms with van der Waals surface area (Å²) in [7, 11) is 1.68. The number of para-hydroxylation sites is 1. The van der Waals surface area contributed by atoms with Crippen LogP contribution >= 0.6 is 11.6 Å². The number of aromatic nitrogens is 1. The van der Waals surface area contributed by atoms with E-state index in [1.807, 2.05) is 48.7 Å². The van der Waals surface area contributed by atoms with Crippen LogP contribution in [-0.2, 0) is 6.54 Å². The molecule has 0 spiro atoms. The van der Waals surface area contributed by atoms with Gasteiger partial charge in [-0.1, -0.05) is 23.7 Å². The Kier molecular flexibility index (Phi) is 6.83. The van der Waals surface area contributed by atoms with Crippen LogP contribution in [0.2, 0.25) is 5.02 Å². The largest absolute Gasteiger partial charge is 0.495 e. The number of fused-ring (bicyclic) bond motifs is 1. The third-order valence-corrected chi connectivity index (χ3v) is 6.24. The number of nitrogens with zero attached hydrogens (tertiary/aromatic N) is 2. The van der Waals surface area contributed by atoms with E-state index in [-0.39, 0.29) is 11.9 Å². The van der Waals surface area contributed by atoms with Gasteiger partial charge in [0.2, 0.25) is 0 Å². The van der Waals surface area contributed by atoms with E-state index in [0.29, 0.717) is 0 Å². The summed E-state index contributed by atoms with van der Waals surface area (Å²) in [5, 5.41) is 1.69. The number of methoxy groups -OCH3 is 1. The summed E-state index contributed by atoms with van der Waals surface area (Å²) in [4.78, 5) is 14.6. The maximum absolute atomic E-state index is 12.1. The minimum absolute atomic E-state index is 0.0831. The highest BCUT2D eigenvalue weighted by molar-refractivity contribution is 6.30. The van der Waals surface area contributed by atoms with Crippen molar-refractivity contribution in [2.75, 3.05) is 26.7 Å². The highest BCUT2D eigenvalue weighted by Crippen LogP contribution is 2.30. The summed E-state index contributed by atoms with van der Waals surface area (Å²) < 4.78 is 13.8. The molecule has 1 aliphatic rings. The summed E-state index contributed by atoms with van der Waals surface area (Å²) in [6.45, 7) is 5.57. The van der Waals surface area contributed by atoms with Crippen LogP contribution in [0.3, 0.4) is 0 Å². The second-order valence-electron chi connectivity index (χ2n) is 8.12. The Labute approximate surface area is 188 Å². The van der Waals surface area contributed by atoms with E-state index in [1.54, 1.807) is 14.0 Å². The first-order valence-electron chi connectivity index (χ1n) is 10.9. The Balaban J connectivity index is 1.32. The molecule has 5 nitrogen and oxygen atoms in total. The molecule has 1 fully saturated rings. The van der Waals surface area contributed by atoms with E-state index in [4.69, 9.17) is 21.1 Å². The van der Waals surface area contributed by atoms with Crippen molar-refractivity contribution in [2.24, 2.45) is 0 Å². The lowest BCUT2D eigenvalue weighted by molar-refractivity contribution is 0.0993. The van der Waals surface area contributed by atoms with Crippen LogP contribution in [0.4, 0.5) is 0 Å². The maximum atomic E-state index is 12.1. The fourth-order valence-electron chi connectivity index (χ4n) is 4.37. The smallest absolute Gasteiger partial charge is 0.161 e. The number of likely N-dealkylation sites (tertiary alicyclic amines) is 1. The van der Waals surface area contributed by atoms with E-state index < -0.39 is 0 Å². The van der Waals surface area contributed by atoms with Gasteiger partial charge in [0.05, 0.1) is 12.6 Å². The van der Waals surface area contributed by atoms with Crippen molar-refractivity contribution in [3.8, 4) is 11.5 Å². The first-order valence-corrected chi connectivity index (χ1v) is 11.2. The number of hydrogen-bond donors (Lipinski definition) is 0. The van der Waals surface area contributed by atoms with Crippen molar-refractivity contribution in [1.29, 1.82) is 0 Å². The minimum Gasteiger partial charge on any atom is -0.495 e. The zero-order valence-corrected chi connectivity index (χ0v) is 18.9. The number of carbonyl (C=O) groups is 1. The topological polar surface area (TPSA) is 43.7 Å². The lowest BCUT2D eigenvalue weighted by Gasteiger charge is -2.32. The van der Waals surface area contributed by atoms with Gasteiger partial charge in [-0.25, -0.2) is 0 Å². The first-order chi connectivity index (χ1) is 15.0. The molecule has 6 heteroatoms. The van der Waals surface area contributed by atoms with Crippen LogP contribution in [0.5, 0.6) is 11.5 Å². The van der Waals surface area contributed by atoms with Crippen LogP contribution in [0, 0.1) is 0 Å². The molecule has 0 atom stereocenters. The van der Waals surface area contributed by atoms with Crippen LogP contribution in [-0.4, -0.2) is 48.1 Å². The van der Waals surface area contributed by atoms with Gasteiger partial charge in [0.25, 0.3) is 0 Å². The van der Waals surface area contributed by atoms with Crippen LogP contribution in [0.15, 0.2) is 48.7 Å². The van der Waals surface area contributed by atoms with Crippen molar-refractivity contribution in [2.45, 2.75) is 38.8 Å². The predicted molar refractivity (Wildman–Crippen MR) is 125 cm³/mol. The number of rotatable bonds is 8. The number of Topliss-reactive ketones (excluding diaryl/α,β-unsaturated/α-hetero) is 1. The van der Waals surface area contributed by atoms with Crippen molar-refractivity contribution in [3.63, 3.8) is 0 Å². The lowest BCUT2D eigenvalue weighted by atomic mass is 10.1. The van der Waals surface area contributed by atoms with Crippen molar-refractivity contribution < 1.29 is 14.3 Å². The Hall–Kier alpha value is -2.50. The zero-order chi connectivity index (χ0) is 21.8. The zero-order valence-electron chi connectivity index (χ0n) is 18.1. The van der Waals surface area contributed by atoms with E-state index in [0.717, 1.165) is 78.4 Å². The molecule has 164 valence electrons. The average Bonchev–Trinajstić information content (AvgIpc) is 3.16. The number of carbonyl (C=O) groups excluding carboxylic acids is 1. The molecule has 0 bridgehead atoms. The molecule has 3 aromatic rings. The second kappa shape index (κ2) is 9.75. The molecule has 2 aromatic carbocycles. The maximum Gasteiger partial charge on any atom is 0.161 e. The number of hydrogen-bond acceptors (Lipinski definition) is 4. The predicted octanol–water partition coefficient (Wildman–Crippen LogP) is 5.44. The number of piperidine rings is 1. The van der Waals surface area contributed by atoms with Gasteiger partial charge in [0, 0.05) is 41.8 Å². The Morgan fingerprint density at radius 2 is 1.84 bits per heavy atom. The summed E-state index contributed by atoms with van der Waals surface area (Å²) in [6.07, 6.45) is 5.30. The molecular weight excluding hydrogens is 412 g/mol. The molecule has 0 aliphatic carbocycles. The lowest BCUT2D eigenvalue weighted by Crippen LogP contribution is -2.38. The van der Waals surface area contributed by atoms with E-state index in [1.165, 1.54) is 0 Å². The summed E-state index contributed by atoms with van der Waals surface area (Å²) in [6, 6.07) is 13.5. The standard InChI is InChI=1S/C25H29ClN2O3/c1-18(29)23-17-28(25-22(23)5-3-6-24(25)30-2)14-4-13-27-15-11-21(12-16-27)31-20-9-7-19(26)8-10-20/h3,5-10,17,21H,4,11-16H2,1-2H3. The monoisotopic (exact) mass is 440 g/mol. The fourth-order valence-corrected chi connectivity index (χ4v) is 4.49. The number of aryl methyl sites for hydroxylation is 1. The summed E-state index contributed by atoms with van der Waals surface area (Å²) in [5.41, 5.74) is 1.76. The molecule has 1 aromatic heterocycles. The van der Waals surface area contributed by atoms with Gasteiger partial charge >= 0.3 is 0 Å². The van der Waals surface area contributed by atoms with Gasteiger partial charge in [-0.15, -0.1) is 0 Å². The molecular formula is C25H29ClN2O3. The van der Waals surface area contributed by atoms with Gasteiger partial charge in [-0.2, -0.15) is 0 Å². The summed E-state index contributed by atoms with van der Waals surface area (Å²) >= 11 is 5.94. The number of ether oxygens (including phenoxy) is 2. The van der Waals surface area contributed by atoms with Crippen LogP contribution in [0.1, 0.15) is 36.5 Å². The quantitative estimate of drug-likeness (QED) is 0.437. The highest BCUT2D eigenvalue weighted by atomic mass is 35.5. The Morgan fingerprint density at radius 3 is 2.52 bits per heavy atom. The molecule has 0 amide bonds. The minimum atomic E-state index is 0.0831. The number of ketones is 1. The van der Waals surface area contributed by atoms with E-state index >= 15 is 0 Å². The molecule has 31 heavy (non-hydrogen) atoms. The Bertz CT molecular complexity index is 1040.